The summed E-state index contributed by atoms with van der Waals surface area (Å²) in [5, 5.41) is 50.0. The molecule has 0 radical (unpaired) electrons. The van der Waals surface area contributed by atoms with Crippen LogP contribution in [0.1, 0.15) is 181 Å². The van der Waals surface area contributed by atoms with Gasteiger partial charge >= 0.3 is 19.8 Å². The smallest absolute Gasteiger partial charge is 0.462 e. The van der Waals surface area contributed by atoms with E-state index in [1.807, 2.05) is 0 Å². The third kappa shape index (κ3) is 26.9. The van der Waals surface area contributed by atoms with E-state index in [0.29, 0.717) is 12.8 Å². The molecule has 0 aliphatic heterocycles. The molecule has 8 atom stereocenters. The van der Waals surface area contributed by atoms with E-state index in [9.17, 15) is 44.6 Å². The van der Waals surface area contributed by atoms with Crippen LogP contribution in [-0.2, 0) is 32.7 Å². The third-order valence-corrected chi connectivity index (χ3v) is 11.3. The van der Waals surface area contributed by atoms with Crippen LogP contribution >= 0.6 is 7.82 Å². The van der Waals surface area contributed by atoms with Gasteiger partial charge in [-0.1, -0.05) is 128 Å². The first-order valence-corrected chi connectivity index (χ1v) is 23.6. The number of aliphatic hydroxyl groups excluding tert-OH is 5. The summed E-state index contributed by atoms with van der Waals surface area (Å²) >= 11 is 0. The van der Waals surface area contributed by atoms with Crippen molar-refractivity contribution in [2.45, 2.75) is 224 Å². The van der Waals surface area contributed by atoms with Crippen LogP contribution in [0.25, 0.3) is 0 Å². The summed E-state index contributed by atoms with van der Waals surface area (Å²) in [5.74, 6) is -1.13. The van der Waals surface area contributed by atoms with E-state index in [4.69, 9.17) is 18.5 Å². The highest BCUT2D eigenvalue weighted by Gasteiger charge is 2.51. The number of carbonyl (C=O) groups excluding carboxylic acids is 2. The van der Waals surface area contributed by atoms with E-state index in [0.717, 1.165) is 57.8 Å². The molecule has 0 saturated heterocycles. The lowest BCUT2D eigenvalue weighted by atomic mass is 9.85. The van der Waals surface area contributed by atoms with Crippen LogP contribution in [0.2, 0.25) is 0 Å². The monoisotopic (exact) mass is 835 g/mol. The molecule has 1 saturated carbocycles. The number of rotatable bonds is 36. The Bertz CT molecular complexity index is 1100. The maximum absolute atomic E-state index is 12.8. The third-order valence-electron chi connectivity index (χ3n) is 10.3. The molecule has 1 aliphatic rings. The Morgan fingerprint density at radius 3 is 1.39 bits per heavy atom. The molecule has 0 aromatic heterocycles. The van der Waals surface area contributed by atoms with Crippen molar-refractivity contribution in [1.82, 2.24) is 0 Å². The molecule has 0 spiro atoms. The minimum absolute atomic E-state index is 0.0839. The van der Waals surface area contributed by atoms with Crippen molar-refractivity contribution in [2.24, 2.45) is 0 Å². The lowest BCUT2D eigenvalue weighted by molar-refractivity contribution is -0.220. The van der Waals surface area contributed by atoms with E-state index in [2.05, 4.69) is 38.2 Å². The number of carbonyl (C=O) groups is 2. The van der Waals surface area contributed by atoms with Gasteiger partial charge in [0.1, 0.15) is 43.2 Å². The van der Waals surface area contributed by atoms with E-state index in [1.165, 1.54) is 83.5 Å². The van der Waals surface area contributed by atoms with Gasteiger partial charge in [-0.3, -0.25) is 18.6 Å². The van der Waals surface area contributed by atoms with Gasteiger partial charge < -0.3 is 39.9 Å². The fraction of sp³-hybridized carbons (Fsp3) is 0.860. The van der Waals surface area contributed by atoms with Crippen molar-refractivity contribution in [3.63, 3.8) is 0 Å². The van der Waals surface area contributed by atoms with E-state index in [-0.39, 0.29) is 12.8 Å². The summed E-state index contributed by atoms with van der Waals surface area (Å²) in [5.41, 5.74) is 0. The van der Waals surface area contributed by atoms with Gasteiger partial charge in [0.05, 0.1) is 6.61 Å². The molecule has 14 heteroatoms. The molecule has 0 bridgehead atoms. The Kier molecular flexibility index (Phi) is 31.9. The molecule has 334 valence electrons. The molecule has 13 nitrogen and oxygen atoms in total. The second kappa shape index (κ2) is 34.1. The molecule has 6 N–H and O–H groups in total. The normalized spacial score (nSPS) is 22.9. The number of hydrogen-bond donors (Lipinski definition) is 6. The zero-order valence-corrected chi connectivity index (χ0v) is 36.0. The highest BCUT2D eigenvalue weighted by molar-refractivity contribution is 7.47. The van der Waals surface area contributed by atoms with Gasteiger partial charge in [-0.2, -0.15) is 0 Å². The molecule has 0 aromatic rings. The molecule has 1 aliphatic carbocycles. The van der Waals surface area contributed by atoms with Crippen molar-refractivity contribution in [1.29, 1.82) is 0 Å². The fourth-order valence-corrected chi connectivity index (χ4v) is 7.60. The van der Waals surface area contributed by atoms with Crippen molar-refractivity contribution in [3.8, 4) is 0 Å². The summed E-state index contributed by atoms with van der Waals surface area (Å²) in [6, 6.07) is 0. The van der Waals surface area contributed by atoms with Crippen LogP contribution in [0.3, 0.4) is 0 Å². The summed E-state index contributed by atoms with van der Waals surface area (Å²) in [6.45, 7) is 3.25. The van der Waals surface area contributed by atoms with Gasteiger partial charge in [-0.15, -0.1) is 0 Å². The zero-order valence-electron chi connectivity index (χ0n) is 35.1. The first-order valence-electron chi connectivity index (χ1n) is 22.1. The molecular weight excluding hydrogens is 755 g/mol. The van der Waals surface area contributed by atoms with E-state index in [1.54, 1.807) is 0 Å². The summed E-state index contributed by atoms with van der Waals surface area (Å²) in [6.07, 6.45) is 22.4. The molecule has 0 aromatic carbocycles. The summed E-state index contributed by atoms with van der Waals surface area (Å²) in [7, 11) is -5.12. The van der Waals surface area contributed by atoms with Gasteiger partial charge in [-0.05, 0) is 64.2 Å². The largest absolute Gasteiger partial charge is 0.472 e. The molecule has 1 fully saturated rings. The minimum Gasteiger partial charge on any atom is -0.462 e. The predicted octanol–water partition coefficient (Wildman–Crippen LogP) is 8.06. The van der Waals surface area contributed by atoms with Crippen molar-refractivity contribution in [2.75, 3.05) is 13.2 Å². The lowest BCUT2D eigenvalue weighted by Gasteiger charge is -2.41. The number of unbranched alkanes of at least 4 members (excludes halogenated alkanes) is 20. The Hall–Kier alpha value is -1.67. The van der Waals surface area contributed by atoms with Crippen LogP contribution in [0.4, 0.5) is 0 Å². The Morgan fingerprint density at radius 2 is 0.895 bits per heavy atom. The number of allylic oxidation sites excluding steroid dienone is 4. The second-order valence-corrected chi connectivity index (χ2v) is 16.9. The highest BCUT2D eigenvalue weighted by Crippen LogP contribution is 2.47. The quantitative estimate of drug-likeness (QED) is 0.0153. The van der Waals surface area contributed by atoms with E-state index >= 15 is 0 Å². The highest BCUT2D eigenvalue weighted by atomic mass is 31.2. The summed E-state index contributed by atoms with van der Waals surface area (Å²) in [4.78, 5) is 35.6. The molecule has 0 heterocycles. The molecule has 0 amide bonds. The number of phosphoric ester groups is 1. The van der Waals surface area contributed by atoms with Crippen molar-refractivity contribution >= 4 is 19.8 Å². The Balaban J connectivity index is 2.50. The SMILES string of the molecule is CCCCCC/C=C/CCCCCCCC(=O)O[C@@H](COC(=O)CCCC/C=C/CCCCCCCCCCC)COP(=O)(O)OC1C(O)C(O)C(O)[C@H](O)C1O. The first-order chi connectivity index (χ1) is 27.4. The van der Waals surface area contributed by atoms with Gasteiger partial charge in [0.2, 0.25) is 0 Å². The van der Waals surface area contributed by atoms with Gasteiger partial charge in [-0.25, -0.2) is 4.57 Å². The lowest BCUT2D eigenvalue weighted by Crippen LogP contribution is -2.64. The van der Waals surface area contributed by atoms with Gasteiger partial charge in [0.25, 0.3) is 0 Å². The van der Waals surface area contributed by atoms with Crippen LogP contribution in [0.15, 0.2) is 24.3 Å². The Morgan fingerprint density at radius 1 is 0.526 bits per heavy atom. The van der Waals surface area contributed by atoms with Crippen molar-refractivity contribution < 1.29 is 63.1 Å². The first kappa shape index (κ1) is 53.3. The number of aliphatic hydroxyl groups is 5. The molecular formula is C43H79O13P. The maximum atomic E-state index is 12.8. The number of ether oxygens (including phenoxy) is 2. The topological polar surface area (TPSA) is 210 Å². The predicted molar refractivity (Wildman–Crippen MR) is 221 cm³/mol. The molecule has 57 heavy (non-hydrogen) atoms. The number of hydrogen-bond acceptors (Lipinski definition) is 12. The van der Waals surface area contributed by atoms with E-state index < -0.39 is 75.7 Å². The zero-order chi connectivity index (χ0) is 42.2. The second-order valence-electron chi connectivity index (χ2n) is 15.5. The van der Waals surface area contributed by atoms with Crippen LogP contribution < -0.4 is 0 Å². The standard InChI is InChI=1S/C43H79O13P/c1-3-5-7-9-11-13-15-17-18-20-21-23-25-27-29-31-36(44)53-33-35(34-54-57(51,52)56-43-41(49)39(47)38(46)40(48)42(43)50)55-37(45)32-30-28-26-24-22-19-16-14-12-10-8-6-4-2/h14,16,21,23,35,38-43,46-50H,3-13,15,17-20,22,24-34H2,1-2H3,(H,51,52)/b16-14+,23-21+/t35-,38?,39-,40?,41?,42?,43?/m0/s1. The molecule has 1 rings (SSSR count). The van der Waals surface area contributed by atoms with Crippen LogP contribution in [0, 0.1) is 0 Å². The van der Waals surface area contributed by atoms with Gasteiger partial charge in [0.15, 0.2) is 6.10 Å². The number of esters is 2. The average molecular weight is 835 g/mol. The summed E-state index contributed by atoms with van der Waals surface area (Å²) < 4.78 is 33.4. The van der Waals surface area contributed by atoms with Crippen LogP contribution in [0.5, 0.6) is 0 Å². The number of phosphoric acid groups is 1. The van der Waals surface area contributed by atoms with Gasteiger partial charge in [0, 0.05) is 12.8 Å². The Labute approximate surface area is 343 Å². The maximum Gasteiger partial charge on any atom is 0.472 e. The fourth-order valence-electron chi connectivity index (χ4n) is 6.63. The van der Waals surface area contributed by atoms with Crippen molar-refractivity contribution in [3.05, 3.63) is 24.3 Å². The minimum atomic E-state index is -5.12. The average Bonchev–Trinajstić information content (AvgIpc) is 3.19. The molecule has 6 unspecified atom stereocenters. The van der Waals surface area contributed by atoms with Crippen LogP contribution in [-0.4, -0.2) is 98.3 Å².